The summed E-state index contributed by atoms with van der Waals surface area (Å²) in [7, 11) is 1.87. The lowest BCUT2D eigenvalue weighted by atomic mass is 10.1. The standard InChI is InChI=1S/C12H21N3O/c1-9-6-10(15(5)14-9)7-11(16)8-13-12(2,3)4/h6,13H,7-8H2,1-5H3. The SMILES string of the molecule is Cc1cc(CC(=O)CNC(C)(C)C)n(C)n1. The van der Waals surface area contributed by atoms with Crippen LogP contribution in [0.2, 0.25) is 0 Å². The van der Waals surface area contributed by atoms with Gasteiger partial charge in [-0.3, -0.25) is 9.48 Å². The molecule has 4 nitrogen and oxygen atoms in total. The summed E-state index contributed by atoms with van der Waals surface area (Å²) in [6.45, 7) is 8.49. The van der Waals surface area contributed by atoms with Gasteiger partial charge in [-0.2, -0.15) is 5.10 Å². The van der Waals surface area contributed by atoms with E-state index in [9.17, 15) is 4.79 Å². The van der Waals surface area contributed by atoms with E-state index in [0.717, 1.165) is 11.4 Å². The number of ketones is 1. The van der Waals surface area contributed by atoms with Gasteiger partial charge in [0.2, 0.25) is 0 Å². The van der Waals surface area contributed by atoms with Gasteiger partial charge in [0.15, 0.2) is 5.78 Å². The van der Waals surface area contributed by atoms with Gasteiger partial charge in [0.05, 0.1) is 12.2 Å². The Labute approximate surface area is 97.0 Å². The maximum atomic E-state index is 11.7. The molecule has 0 atom stereocenters. The maximum Gasteiger partial charge on any atom is 0.152 e. The van der Waals surface area contributed by atoms with Gasteiger partial charge in [-0.25, -0.2) is 0 Å². The topological polar surface area (TPSA) is 46.9 Å². The highest BCUT2D eigenvalue weighted by Crippen LogP contribution is 2.04. The summed E-state index contributed by atoms with van der Waals surface area (Å²) < 4.78 is 1.77. The van der Waals surface area contributed by atoms with E-state index in [1.807, 2.05) is 20.0 Å². The Morgan fingerprint density at radius 2 is 2.12 bits per heavy atom. The first kappa shape index (κ1) is 12.9. The summed E-state index contributed by atoms with van der Waals surface area (Å²) in [6, 6.07) is 1.95. The minimum absolute atomic E-state index is 0.0158. The number of aromatic nitrogens is 2. The number of Topliss-reactive ketones (excluding diaryl/α,β-unsaturated/α-hetero) is 1. The Balaban J connectivity index is 2.49. The summed E-state index contributed by atoms with van der Waals surface area (Å²) in [5.41, 5.74) is 1.91. The molecule has 0 spiro atoms. The smallest absolute Gasteiger partial charge is 0.152 e. The molecule has 90 valence electrons. The van der Waals surface area contributed by atoms with Gasteiger partial charge in [0.25, 0.3) is 0 Å². The Kier molecular flexibility index (Phi) is 3.86. The zero-order valence-electron chi connectivity index (χ0n) is 10.8. The highest BCUT2D eigenvalue weighted by molar-refractivity contribution is 5.82. The third-order valence-corrected chi connectivity index (χ3v) is 2.29. The first-order chi connectivity index (χ1) is 7.28. The van der Waals surface area contributed by atoms with Gasteiger partial charge in [0.1, 0.15) is 0 Å². The Hall–Kier alpha value is -1.16. The van der Waals surface area contributed by atoms with Gasteiger partial charge in [-0.15, -0.1) is 0 Å². The summed E-state index contributed by atoms with van der Waals surface area (Å²) in [5, 5.41) is 7.41. The lowest BCUT2D eigenvalue weighted by Crippen LogP contribution is -2.39. The van der Waals surface area contributed by atoms with Crippen LogP contribution < -0.4 is 5.32 Å². The van der Waals surface area contributed by atoms with Crippen molar-refractivity contribution < 1.29 is 4.79 Å². The molecule has 0 radical (unpaired) electrons. The van der Waals surface area contributed by atoms with E-state index in [2.05, 4.69) is 31.2 Å². The third-order valence-electron chi connectivity index (χ3n) is 2.29. The molecule has 0 unspecified atom stereocenters. The molecule has 0 fully saturated rings. The van der Waals surface area contributed by atoms with E-state index < -0.39 is 0 Å². The van der Waals surface area contributed by atoms with E-state index in [0.29, 0.717) is 13.0 Å². The van der Waals surface area contributed by atoms with Crippen molar-refractivity contribution in [3.05, 3.63) is 17.5 Å². The van der Waals surface area contributed by atoms with Crippen LogP contribution in [0.25, 0.3) is 0 Å². The summed E-state index contributed by atoms with van der Waals surface area (Å²) in [6.07, 6.45) is 0.445. The second kappa shape index (κ2) is 4.78. The number of hydrogen-bond acceptors (Lipinski definition) is 3. The van der Waals surface area contributed by atoms with Gasteiger partial charge in [0, 0.05) is 24.7 Å². The second-order valence-corrected chi connectivity index (χ2v) is 5.22. The molecule has 1 aromatic heterocycles. The number of rotatable bonds is 4. The average molecular weight is 223 g/mol. The first-order valence-electron chi connectivity index (χ1n) is 5.54. The van der Waals surface area contributed by atoms with Gasteiger partial charge < -0.3 is 5.32 Å². The lowest BCUT2D eigenvalue weighted by Gasteiger charge is -2.19. The third kappa shape index (κ3) is 4.14. The second-order valence-electron chi connectivity index (χ2n) is 5.22. The minimum Gasteiger partial charge on any atom is -0.305 e. The molecule has 0 saturated carbocycles. The Morgan fingerprint density at radius 1 is 1.50 bits per heavy atom. The van der Waals surface area contributed by atoms with Crippen molar-refractivity contribution in [1.82, 2.24) is 15.1 Å². The zero-order chi connectivity index (χ0) is 12.3. The molecule has 0 aliphatic carbocycles. The zero-order valence-corrected chi connectivity index (χ0v) is 10.8. The predicted octanol–water partition coefficient (Wildman–Crippen LogP) is 1.23. The van der Waals surface area contributed by atoms with Crippen LogP contribution in [-0.4, -0.2) is 27.6 Å². The molecule has 1 rings (SSSR count). The molecule has 0 aliphatic heterocycles. The van der Waals surface area contributed by atoms with E-state index in [1.54, 1.807) is 4.68 Å². The molecule has 4 heteroatoms. The van der Waals surface area contributed by atoms with Gasteiger partial charge >= 0.3 is 0 Å². The molecule has 0 aliphatic rings. The molecule has 0 amide bonds. The molecular formula is C12H21N3O. The van der Waals surface area contributed by atoms with E-state index in [4.69, 9.17) is 0 Å². The summed E-state index contributed by atoms with van der Waals surface area (Å²) in [4.78, 5) is 11.7. The summed E-state index contributed by atoms with van der Waals surface area (Å²) in [5.74, 6) is 0.193. The van der Waals surface area contributed by atoms with E-state index >= 15 is 0 Å². The number of carbonyl (C=O) groups is 1. The fourth-order valence-electron chi connectivity index (χ4n) is 1.46. The number of carbonyl (C=O) groups excluding carboxylic acids is 1. The van der Waals surface area contributed by atoms with Crippen molar-refractivity contribution >= 4 is 5.78 Å². The molecule has 1 N–H and O–H groups in total. The van der Waals surface area contributed by atoms with Gasteiger partial charge in [-0.05, 0) is 33.8 Å². The molecule has 0 saturated heterocycles. The van der Waals surface area contributed by atoms with E-state index in [-0.39, 0.29) is 11.3 Å². The van der Waals surface area contributed by atoms with Crippen molar-refractivity contribution in [2.75, 3.05) is 6.54 Å². The Morgan fingerprint density at radius 3 is 2.56 bits per heavy atom. The van der Waals surface area contributed by atoms with Crippen molar-refractivity contribution in [3.8, 4) is 0 Å². The number of hydrogen-bond donors (Lipinski definition) is 1. The van der Waals surface area contributed by atoms with Crippen LogP contribution in [0.5, 0.6) is 0 Å². The largest absolute Gasteiger partial charge is 0.305 e. The number of nitrogens with one attached hydrogen (secondary N) is 1. The fourth-order valence-corrected chi connectivity index (χ4v) is 1.46. The molecular weight excluding hydrogens is 202 g/mol. The number of aryl methyl sites for hydroxylation is 2. The Bertz CT molecular complexity index is 374. The highest BCUT2D eigenvalue weighted by atomic mass is 16.1. The van der Waals surface area contributed by atoms with Crippen LogP contribution in [0.3, 0.4) is 0 Å². The van der Waals surface area contributed by atoms with Crippen LogP contribution >= 0.6 is 0 Å². The molecule has 0 aromatic carbocycles. The maximum absolute atomic E-state index is 11.7. The van der Waals surface area contributed by atoms with Crippen molar-refractivity contribution in [2.45, 2.75) is 39.7 Å². The molecule has 0 bridgehead atoms. The normalized spacial score (nSPS) is 11.8. The first-order valence-corrected chi connectivity index (χ1v) is 5.54. The predicted molar refractivity (Wildman–Crippen MR) is 64.4 cm³/mol. The lowest BCUT2D eigenvalue weighted by molar-refractivity contribution is -0.118. The quantitative estimate of drug-likeness (QED) is 0.835. The minimum atomic E-state index is -0.0158. The van der Waals surface area contributed by atoms with E-state index in [1.165, 1.54) is 0 Å². The number of nitrogens with zero attached hydrogens (tertiary/aromatic N) is 2. The van der Waals surface area contributed by atoms with Gasteiger partial charge in [-0.1, -0.05) is 0 Å². The average Bonchev–Trinajstić information content (AvgIpc) is 2.41. The van der Waals surface area contributed by atoms with Crippen LogP contribution in [0.4, 0.5) is 0 Å². The van der Waals surface area contributed by atoms with Crippen molar-refractivity contribution in [3.63, 3.8) is 0 Å². The van der Waals surface area contributed by atoms with Crippen LogP contribution in [-0.2, 0) is 18.3 Å². The fraction of sp³-hybridized carbons (Fsp3) is 0.667. The highest BCUT2D eigenvalue weighted by Gasteiger charge is 2.13. The van der Waals surface area contributed by atoms with Crippen LogP contribution in [0, 0.1) is 6.92 Å². The molecule has 16 heavy (non-hydrogen) atoms. The molecule has 1 heterocycles. The van der Waals surface area contributed by atoms with Crippen molar-refractivity contribution in [2.24, 2.45) is 7.05 Å². The van der Waals surface area contributed by atoms with Crippen LogP contribution in [0.1, 0.15) is 32.2 Å². The monoisotopic (exact) mass is 223 g/mol. The molecule has 1 aromatic rings. The summed E-state index contributed by atoms with van der Waals surface area (Å²) >= 11 is 0. The van der Waals surface area contributed by atoms with Crippen LogP contribution in [0.15, 0.2) is 6.07 Å². The van der Waals surface area contributed by atoms with Crippen molar-refractivity contribution in [1.29, 1.82) is 0 Å².